The second kappa shape index (κ2) is 12.8. The van der Waals surface area contributed by atoms with E-state index in [1.165, 1.54) is 7.11 Å². The van der Waals surface area contributed by atoms with Gasteiger partial charge in [0.05, 0.1) is 19.3 Å². The molecule has 0 saturated heterocycles. The maximum absolute atomic E-state index is 11.2. The molecule has 2 unspecified atom stereocenters. The fourth-order valence-corrected chi connectivity index (χ4v) is 2.84. The predicted octanol–water partition coefficient (Wildman–Crippen LogP) is 4.46. The van der Waals surface area contributed by atoms with Crippen molar-refractivity contribution in [2.45, 2.75) is 70.5 Å². The van der Waals surface area contributed by atoms with Crippen molar-refractivity contribution in [3.63, 3.8) is 0 Å². The first-order valence-corrected chi connectivity index (χ1v) is 9.60. The van der Waals surface area contributed by atoms with Gasteiger partial charge in [0.25, 0.3) is 0 Å². The van der Waals surface area contributed by atoms with Crippen LogP contribution in [-0.4, -0.2) is 34.4 Å². The number of hydrogen-bond acceptors (Lipinski definition) is 5. The third-order valence-corrected chi connectivity index (χ3v) is 4.43. The van der Waals surface area contributed by atoms with Crippen molar-refractivity contribution in [3.05, 3.63) is 34.6 Å². The Kier molecular flexibility index (Phi) is 11.2. The number of nitrogens with zero attached hydrogens (tertiary/aromatic N) is 1. The van der Waals surface area contributed by atoms with Crippen LogP contribution in [0.1, 0.15) is 75.5 Å². The predicted molar refractivity (Wildman–Crippen MR) is 104 cm³/mol. The van der Waals surface area contributed by atoms with E-state index < -0.39 is 6.10 Å². The molecule has 1 aromatic heterocycles. The maximum Gasteiger partial charge on any atom is 0.305 e. The molecule has 1 rings (SSSR count). The van der Waals surface area contributed by atoms with Crippen molar-refractivity contribution >= 4 is 23.6 Å². The van der Waals surface area contributed by atoms with Crippen LogP contribution in [0.25, 0.3) is 6.08 Å². The Balaban J connectivity index is 2.65. The van der Waals surface area contributed by atoms with Gasteiger partial charge in [0.2, 0.25) is 0 Å². The second-order valence-corrected chi connectivity index (χ2v) is 6.80. The number of aromatic nitrogens is 1. The summed E-state index contributed by atoms with van der Waals surface area (Å²) >= 11 is 5.97. The molecule has 0 amide bonds. The van der Waals surface area contributed by atoms with Crippen LogP contribution in [0.15, 0.2) is 18.3 Å². The maximum atomic E-state index is 11.2. The number of esters is 1. The summed E-state index contributed by atoms with van der Waals surface area (Å²) in [6.45, 7) is 2.14. The lowest BCUT2D eigenvalue weighted by atomic mass is 9.99. The van der Waals surface area contributed by atoms with Gasteiger partial charge in [0.15, 0.2) is 0 Å². The van der Waals surface area contributed by atoms with E-state index in [2.05, 4.69) is 16.6 Å². The number of carbonyl (C=O) groups is 1. The van der Waals surface area contributed by atoms with Crippen molar-refractivity contribution in [1.82, 2.24) is 4.98 Å². The lowest BCUT2D eigenvalue weighted by molar-refractivity contribution is -0.140. The van der Waals surface area contributed by atoms with Crippen molar-refractivity contribution in [3.8, 4) is 0 Å². The lowest BCUT2D eigenvalue weighted by Gasteiger charge is -2.14. The fraction of sp³-hybridized carbons (Fsp3) is 0.600. The van der Waals surface area contributed by atoms with Crippen molar-refractivity contribution in [1.29, 1.82) is 0 Å². The minimum Gasteiger partial charge on any atom is -0.469 e. The summed E-state index contributed by atoms with van der Waals surface area (Å²) in [5.41, 5.74) is 1.44. The first-order chi connectivity index (χ1) is 12.5. The van der Waals surface area contributed by atoms with Crippen molar-refractivity contribution in [2.75, 3.05) is 7.11 Å². The average Bonchev–Trinajstić information content (AvgIpc) is 2.61. The van der Waals surface area contributed by atoms with Gasteiger partial charge in [-0.3, -0.25) is 4.79 Å². The molecule has 0 radical (unpaired) electrons. The minimum absolute atomic E-state index is 0.268. The monoisotopic (exact) mass is 383 g/mol. The number of unbranched alkanes of at least 4 members (excludes halogenated alkanes) is 2. The van der Waals surface area contributed by atoms with Crippen molar-refractivity contribution < 1.29 is 19.7 Å². The highest BCUT2D eigenvalue weighted by Crippen LogP contribution is 2.25. The van der Waals surface area contributed by atoms with Crippen LogP contribution >= 0.6 is 11.6 Å². The summed E-state index contributed by atoms with van der Waals surface area (Å²) in [5, 5.41) is 20.8. The molecule has 0 fully saturated rings. The summed E-state index contributed by atoms with van der Waals surface area (Å²) in [5.74, 6) is -0.288. The Morgan fingerprint density at radius 3 is 2.77 bits per heavy atom. The number of pyridine rings is 1. The van der Waals surface area contributed by atoms with Gasteiger partial charge in [-0.15, -0.1) is 0 Å². The molecule has 0 saturated carbocycles. The Bertz CT molecular complexity index is 577. The van der Waals surface area contributed by atoms with E-state index in [4.69, 9.17) is 11.6 Å². The molecule has 0 aliphatic rings. The number of halogens is 1. The third-order valence-electron chi connectivity index (χ3n) is 4.23. The number of hydrogen-bond donors (Lipinski definition) is 2. The molecule has 1 heterocycles. The molecule has 2 atom stereocenters. The SMILES string of the molecule is CCCCCC(O)C/C=C/c1cc(Cl)ncc1C(O)CCCC(=O)OC. The second-order valence-electron chi connectivity index (χ2n) is 6.41. The summed E-state index contributed by atoms with van der Waals surface area (Å²) in [4.78, 5) is 15.2. The van der Waals surface area contributed by atoms with Gasteiger partial charge in [0.1, 0.15) is 5.15 Å². The van der Waals surface area contributed by atoms with E-state index >= 15 is 0 Å². The number of ether oxygens (including phenoxy) is 1. The van der Waals surface area contributed by atoms with Gasteiger partial charge in [-0.2, -0.15) is 0 Å². The van der Waals surface area contributed by atoms with E-state index in [-0.39, 0.29) is 18.5 Å². The minimum atomic E-state index is -0.737. The summed E-state index contributed by atoms with van der Waals surface area (Å²) in [7, 11) is 1.35. The van der Waals surface area contributed by atoms with Crippen LogP contribution in [0.3, 0.4) is 0 Å². The zero-order valence-corrected chi connectivity index (χ0v) is 16.4. The Morgan fingerprint density at radius 2 is 2.08 bits per heavy atom. The Morgan fingerprint density at radius 1 is 1.31 bits per heavy atom. The highest BCUT2D eigenvalue weighted by Gasteiger charge is 2.13. The lowest BCUT2D eigenvalue weighted by Crippen LogP contribution is -2.05. The van der Waals surface area contributed by atoms with Gasteiger partial charge < -0.3 is 14.9 Å². The van der Waals surface area contributed by atoms with Crippen LogP contribution in [0.5, 0.6) is 0 Å². The van der Waals surface area contributed by atoms with E-state index in [0.29, 0.717) is 30.0 Å². The molecule has 0 spiro atoms. The zero-order chi connectivity index (χ0) is 19.4. The zero-order valence-electron chi connectivity index (χ0n) is 15.7. The molecule has 1 aromatic rings. The number of methoxy groups -OCH3 is 1. The molecular formula is C20H30ClNO4. The number of rotatable bonds is 12. The molecule has 2 N–H and O–H groups in total. The number of aliphatic hydroxyl groups excluding tert-OH is 2. The van der Waals surface area contributed by atoms with E-state index in [1.54, 1.807) is 12.3 Å². The molecule has 26 heavy (non-hydrogen) atoms. The van der Waals surface area contributed by atoms with Gasteiger partial charge in [-0.1, -0.05) is 49.9 Å². The quantitative estimate of drug-likeness (QED) is 0.316. The molecule has 6 heteroatoms. The molecule has 146 valence electrons. The van der Waals surface area contributed by atoms with E-state index in [1.807, 2.05) is 12.2 Å². The Labute approximate surface area is 161 Å². The largest absolute Gasteiger partial charge is 0.469 e. The molecule has 0 aliphatic heterocycles. The van der Waals surface area contributed by atoms with Crippen LogP contribution in [-0.2, 0) is 9.53 Å². The number of aliphatic hydroxyl groups is 2. The van der Waals surface area contributed by atoms with Crippen LogP contribution < -0.4 is 0 Å². The smallest absolute Gasteiger partial charge is 0.305 e. The van der Waals surface area contributed by atoms with Crippen LogP contribution in [0.4, 0.5) is 0 Å². The molecule has 5 nitrogen and oxygen atoms in total. The number of carbonyl (C=O) groups excluding carboxylic acids is 1. The molecule has 0 aliphatic carbocycles. The van der Waals surface area contributed by atoms with Crippen LogP contribution in [0.2, 0.25) is 5.15 Å². The fourth-order valence-electron chi connectivity index (χ4n) is 2.67. The first kappa shape index (κ1) is 22.6. The van der Waals surface area contributed by atoms with Crippen molar-refractivity contribution in [2.24, 2.45) is 0 Å². The average molecular weight is 384 g/mol. The highest BCUT2D eigenvalue weighted by molar-refractivity contribution is 6.29. The Hall–Kier alpha value is -1.43. The topological polar surface area (TPSA) is 79.7 Å². The van der Waals surface area contributed by atoms with Crippen LogP contribution in [0, 0.1) is 0 Å². The first-order valence-electron chi connectivity index (χ1n) is 9.22. The summed E-state index contributed by atoms with van der Waals surface area (Å²) in [6, 6.07) is 1.69. The molecule has 0 aromatic carbocycles. The van der Waals surface area contributed by atoms with Gasteiger partial charge in [-0.25, -0.2) is 4.98 Å². The van der Waals surface area contributed by atoms with E-state index in [9.17, 15) is 15.0 Å². The summed E-state index contributed by atoms with van der Waals surface area (Å²) < 4.78 is 4.60. The van der Waals surface area contributed by atoms with Gasteiger partial charge in [-0.05, 0) is 37.3 Å². The molecule has 0 bridgehead atoms. The van der Waals surface area contributed by atoms with Gasteiger partial charge in [0, 0.05) is 18.2 Å². The highest BCUT2D eigenvalue weighted by atomic mass is 35.5. The third kappa shape index (κ3) is 8.79. The molecular weight excluding hydrogens is 354 g/mol. The summed E-state index contributed by atoms with van der Waals surface area (Å²) in [6.07, 6.45) is 10.1. The standard InChI is InChI=1S/C20H30ClNO4/c1-3-4-5-9-16(23)10-6-8-15-13-19(21)22-14-17(15)18(24)11-7-12-20(25)26-2/h6,8,13-14,16,18,23-24H,3-5,7,9-12H2,1-2H3/b8-6+. The van der Waals surface area contributed by atoms with Gasteiger partial charge >= 0.3 is 5.97 Å². The van der Waals surface area contributed by atoms with E-state index in [0.717, 1.165) is 31.2 Å². The normalized spacial score (nSPS) is 13.7.